The van der Waals surface area contributed by atoms with Crippen molar-refractivity contribution in [1.82, 2.24) is 4.98 Å². The van der Waals surface area contributed by atoms with Gasteiger partial charge in [-0.1, -0.05) is 23.9 Å². The summed E-state index contributed by atoms with van der Waals surface area (Å²) in [7, 11) is 0. The average molecular weight is 398 g/mol. The van der Waals surface area contributed by atoms with Crippen LogP contribution in [0.25, 0.3) is 11.1 Å². The van der Waals surface area contributed by atoms with Gasteiger partial charge in [-0.05, 0) is 50.2 Å². The Morgan fingerprint density at radius 3 is 2.57 bits per heavy atom. The van der Waals surface area contributed by atoms with Crippen LogP contribution in [-0.4, -0.2) is 41.9 Å². The molecule has 0 aliphatic carbocycles. The van der Waals surface area contributed by atoms with Crippen LogP contribution in [0, 0.1) is 0 Å². The van der Waals surface area contributed by atoms with Crippen molar-refractivity contribution in [1.29, 1.82) is 0 Å². The van der Waals surface area contributed by atoms with E-state index in [0.29, 0.717) is 5.22 Å². The fourth-order valence-electron chi connectivity index (χ4n) is 3.38. The predicted molar refractivity (Wildman–Crippen MR) is 112 cm³/mol. The maximum atomic E-state index is 12.2. The number of hydrogen-bond donors (Lipinski definition) is 1. The van der Waals surface area contributed by atoms with Crippen LogP contribution in [0.3, 0.4) is 0 Å². The molecule has 7 heteroatoms. The molecule has 1 N–H and O–H groups in total. The Balaban J connectivity index is 1.31. The number of amides is 1. The third kappa shape index (κ3) is 4.48. The predicted octanol–water partition coefficient (Wildman–Crippen LogP) is 4.17. The van der Waals surface area contributed by atoms with Crippen molar-refractivity contribution in [3.8, 4) is 0 Å². The molecule has 2 atom stereocenters. The van der Waals surface area contributed by atoms with Gasteiger partial charge in [0.05, 0.1) is 18.0 Å². The molecule has 6 nitrogen and oxygen atoms in total. The molecule has 4 rings (SSSR count). The van der Waals surface area contributed by atoms with Gasteiger partial charge in [0.15, 0.2) is 5.58 Å². The highest BCUT2D eigenvalue weighted by Gasteiger charge is 2.22. The Hall–Kier alpha value is -2.51. The van der Waals surface area contributed by atoms with Crippen LogP contribution < -0.4 is 10.2 Å². The zero-order valence-corrected chi connectivity index (χ0v) is 16.7. The van der Waals surface area contributed by atoms with Crippen molar-refractivity contribution in [2.75, 3.05) is 29.1 Å². The number of thioether (sulfide) groups is 1. The van der Waals surface area contributed by atoms with Gasteiger partial charge in [0.25, 0.3) is 5.22 Å². The first-order valence-corrected chi connectivity index (χ1v) is 10.3. The van der Waals surface area contributed by atoms with Gasteiger partial charge in [-0.3, -0.25) is 4.79 Å². The van der Waals surface area contributed by atoms with E-state index in [4.69, 9.17) is 9.15 Å². The second-order valence-corrected chi connectivity index (χ2v) is 7.92. The molecule has 1 aliphatic rings. The molecule has 1 aromatic heterocycles. The molecular formula is C21H23N3O3S. The summed E-state index contributed by atoms with van der Waals surface area (Å²) in [5, 5.41) is 3.42. The van der Waals surface area contributed by atoms with Crippen molar-refractivity contribution in [2.24, 2.45) is 0 Å². The van der Waals surface area contributed by atoms with Gasteiger partial charge < -0.3 is 19.4 Å². The van der Waals surface area contributed by atoms with E-state index in [-0.39, 0.29) is 23.9 Å². The van der Waals surface area contributed by atoms with E-state index in [2.05, 4.69) is 29.0 Å². The summed E-state index contributed by atoms with van der Waals surface area (Å²) in [5.74, 6) is 0.154. The lowest BCUT2D eigenvalue weighted by molar-refractivity contribution is -0.113. The van der Waals surface area contributed by atoms with Gasteiger partial charge in [0.1, 0.15) is 5.52 Å². The van der Waals surface area contributed by atoms with E-state index >= 15 is 0 Å². The lowest BCUT2D eigenvalue weighted by atomic mass is 10.2. The normalized spacial score (nSPS) is 19.7. The summed E-state index contributed by atoms with van der Waals surface area (Å²) in [6, 6.07) is 15.5. The summed E-state index contributed by atoms with van der Waals surface area (Å²) in [6.45, 7) is 5.92. The standard InChI is InChI=1S/C21H23N3O3S/c1-14-11-24(12-15(2)26-14)17-9-7-16(8-10-17)22-20(25)13-28-21-23-18-5-3-4-6-19(18)27-21/h3-10,14-15H,11-13H2,1-2H3,(H,22,25). The van der Waals surface area contributed by atoms with E-state index in [0.717, 1.165) is 35.6 Å². The molecule has 0 bridgehead atoms. The number of nitrogens with zero attached hydrogens (tertiary/aromatic N) is 2. The SMILES string of the molecule is CC1CN(c2ccc(NC(=O)CSc3nc4ccccc4o3)cc2)CC(C)O1. The number of carbonyl (C=O) groups excluding carboxylic acids is 1. The Morgan fingerprint density at radius 1 is 1.14 bits per heavy atom. The molecule has 0 radical (unpaired) electrons. The molecule has 1 amide bonds. The second kappa shape index (κ2) is 8.24. The molecule has 0 saturated carbocycles. The first-order valence-electron chi connectivity index (χ1n) is 9.35. The van der Waals surface area contributed by atoms with E-state index in [1.54, 1.807) is 0 Å². The van der Waals surface area contributed by atoms with Gasteiger partial charge in [-0.2, -0.15) is 0 Å². The minimum atomic E-state index is -0.0892. The topological polar surface area (TPSA) is 67.6 Å². The van der Waals surface area contributed by atoms with Crippen molar-refractivity contribution < 1.29 is 13.9 Å². The number of benzene rings is 2. The van der Waals surface area contributed by atoms with Crippen LogP contribution in [0.15, 0.2) is 58.2 Å². The highest BCUT2D eigenvalue weighted by molar-refractivity contribution is 7.99. The fourth-order valence-corrected chi connectivity index (χ4v) is 4.02. The van der Waals surface area contributed by atoms with Crippen LogP contribution in [-0.2, 0) is 9.53 Å². The number of hydrogen-bond acceptors (Lipinski definition) is 6. The van der Waals surface area contributed by atoms with Crippen LogP contribution in [0.5, 0.6) is 0 Å². The number of oxazole rings is 1. The molecule has 1 fully saturated rings. The molecule has 0 spiro atoms. The van der Waals surface area contributed by atoms with Crippen molar-refractivity contribution in [3.05, 3.63) is 48.5 Å². The summed E-state index contributed by atoms with van der Waals surface area (Å²) >= 11 is 1.29. The van der Waals surface area contributed by atoms with Gasteiger partial charge in [-0.15, -0.1) is 0 Å². The minimum absolute atomic E-state index is 0.0892. The fraction of sp³-hybridized carbons (Fsp3) is 0.333. The molecule has 3 aromatic rings. The van der Waals surface area contributed by atoms with E-state index in [1.165, 1.54) is 11.8 Å². The molecule has 28 heavy (non-hydrogen) atoms. The quantitative estimate of drug-likeness (QED) is 0.652. The van der Waals surface area contributed by atoms with Crippen LogP contribution in [0.2, 0.25) is 0 Å². The van der Waals surface area contributed by atoms with Gasteiger partial charge in [0, 0.05) is 24.5 Å². The number of nitrogens with one attached hydrogen (secondary N) is 1. The number of aromatic nitrogens is 1. The first kappa shape index (κ1) is 18.8. The largest absolute Gasteiger partial charge is 0.431 e. The monoisotopic (exact) mass is 397 g/mol. The number of ether oxygens (including phenoxy) is 1. The Kier molecular flexibility index (Phi) is 5.54. The number of anilines is 2. The van der Waals surface area contributed by atoms with Gasteiger partial charge in [-0.25, -0.2) is 4.98 Å². The molecule has 1 saturated heterocycles. The highest BCUT2D eigenvalue weighted by Crippen LogP contribution is 2.24. The van der Waals surface area contributed by atoms with Crippen molar-refractivity contribution in [2.45, 2.75) is 31.3 Å². The number of rotatable bonds is 5. The Bertz CT molecular complexity index is 914. The van der Waals surface area contributed by atoms with E-state index in [9.17, 15) is 4.79 Å². The number of carbonyl (C=O) groups is 1. The average Bonchev–Trinajstić information content (AvgIpc) is 3.09. The smallest absolute Gasteiger partial charge is 0.257 e. The molecule has 146 valence electrons. The van der Waals surface area contributed by atoms with E-state index in [1.807, 2.05) is 48.5 Å². The second-order valence-electron chi connectivity index (χ2n) is 6.99. The lowest BCUT2D eigenvalue weighted by Gasteiger charge is -2.36. The molecule has 2 unspecified atom stereocenters. The first-order chi connectivity index (χ1) is 13.6. The van der Waals surface area contributed by atoms with Crippen molar-refractivity contribution in [3.63, 3.8) is 0 Å². The summed E-state index contributed by atoms with van der Waals surface area (Å²) < 4.78 is 11.4. The Labute approximate surface area is 168 Å². The summed E-state index contributed by atoms with van der Waals surface area (Å²) in [6.07, 6.45) is 0.430. The van der Waals surface area contributed by atoms with Crippen LogP contribution >= 0.6 is 11.8 Å². The molecule has 2 aromatic carbocycles. The minimum Gasteiger partial charge on any atom is -0.431 e. The lowest BCUT2D eigenvalue weighted by Crippen LogP contribution is -2.45. The highest BCUT2D eigenvalue weighted by atomic mass is 32.2. The van der Waals surface area contributed by atoms with Crippen LogP contribution in [0.4, 0.5) is 11.4 Å². The Morgan fingerprint density at radius 2 is 1.86 bits per heavy atom. The van der Waals surface area contributed by atoms with E-state index < -0.39 is 0 Å². The third-order valence-electron chi connectivity index (χ3n) is 4.54. The van der Waals surface area contributed by atoms with Gasteiger partial charge >= 0.3 is 0 Å². The summed E-state index contributed by atoms with van der Waals surface area (Å²) in [4.78, 5) is 18.9. The zero-order valence-electron chi connectivity index (χ0n) is 15.9. The maximum absolute atomic E-state index is 12.2. The van der Waals surface area contributed by atoms with Gasteiger partial charge in [0.2, 0.25) is 5.91 Å². The van der Waals surface area contributed by atoms with Crippen LogP contribution in [0.1, 0.15) is 13.8 Å². The number of morpholine rings is 1. The third-order valence-corrected chi connectivity index (χ3v) is 5.36. The number of para-hydroxylation sites is 2. The number of fused-ring (bicyclic) bond motifs is 1. The molecule has 2 heterocycles. The maximum Gasteiger partial charge on any atom is 0.257 e. The molecule has 1 aliphatic heterocycles. The zero-order chi connectivity index (χ0) is 19.5. The summed E-state index contributed by atoms with van der Waals surface area (Å²) in [5.41, 5.74) is 3.45. The van der Waals surface area contributed by atoms with Crippen molar-refractivity contribution >= 4 is 40.1 Å². The molecular weight excluding hydrogens is 374 g/mol.